The number of H-pyrrole nitrogens is 1. The first-order chi connectivity index (χ1) is 20.8. The van der Waals surface area contributed by atoms with Gasteiger partial charge in [0.15, 0.2) is 11.3 Å². The first-order valence-corrected chi connectivity index (χ1v) is 14.1. The second kappa shape index (κ2) is 12.0. The molecule has 0 radical (unpaired) electrons. The zero-order valence-corrected chi connectivity index (χ0v) is 23.6. The highest BCUT2D eigenvalue weighted by Gasteiger charge is 2.57. The fourth-order valence-corrected chi connectivity index (χ4v) is 6.64. The minimum Gasteiger partial charge on any atom is -0.390 e. The molecule has 0 saturated carbocycles. The molecule has 8 nitrogen and oxygen atoms in total. The molecule has 2 aromatic carbocycles. The van der Waals surface area contributed by atoms with E-state index in [9.17, 15) is 41.0 Å². The van der Waals surface area contributed by atoms with Crippen LogP contribution in [0.1, 0.15) is 27.0 Å². The summed E-state index contributed by atoms with van der Waals surface area (Å²) in [6, 6.07) is 8.02. The molecule has 1 aromatic heterocycles. The number of rotatable bonds is 8. The van der Waals surface area contributed by atoms with Gasteiger partial charge in [-0.25, -0.2) is 9.39 Å². The van der Waals surface area contributed by atoms with Crippen LogP contribution in [-0.4, -0.2) is 101 Å². The topological polar surface area (TPSA) is 88.7 Å². The van der Waals surface area contributed by atoms with Gasteiger partial charge in [-0.05, 0) is 29.8 Å². The molecular weight excluding hydrogens is 592 g/mol. The Hall–Kier alpha value is -3.68. The molecule has 0 aliphatic carbocycles. The van der Waals surface area contributed by atoms with Crippen molar-refractivity contribution in [3.05, 3.63) is 77.1 Å². The summed E-state index contributed by atoms with van der Waals surface area (Å²) < 4.78 is 83.4. The van der Waals surface area contributed by atoms with Crippen molar-refractivity contribution in [2.75, 3.05) is 59.0 Å². The van der Waals surface area contributed by atoms with E-state index in [0.717, 1.165) is 11.7 Å². The van der Waals surface area contributed by atoms with E-state index in [1.54, 1.807) is 36.4 Å². The molecule has 3 N–H and O–H groups in total. The minimum atomic E-state index is -5.16. The average Bonchev–Trinajstić information content (AvgIpc) is 3.40. The van der Waals surface area contributed by atoms with Crippen LogP contribution >= 0.6 is 0 Å². The van der Waals surface area contributed by atoms with Gasteiger partial charge in [0.2, 0.25) is 0 Å². The van der Waals surface area contributed by atoms with E-state index >= 15 is 0 Å². The molecule has 2 saturated heterocycles. The summed E-state index contributed by atoms with van der Waals surface area (Å²) in [5.74, 6) is 0.678. The first-order valence-electron chi connectivity index (χ1n) is 14.1. The maximum atomic E-state index is 14.8. The van der Waals surface area contributed by atoms with Crippen LogP contribution in [0.5, 0.6) is 0 Å². The van der Waals surface area contributed by atoms with Crippen molar-refractivity contribution in [1.29, 1.82) is 0 Å². The smallest absolute Gasteiger partial charge is 0.390 e. The molecule has 0 bridgehead atoms. The lowest BCUT2D eigenvalue weighted by Gasteiger charge is -2.57. The quantitative estimate of drug-likeness (QED) is 0.154. The normalized spacial score (nSPS) is 23.5. The molecule has 2 aliphatic rings. The molecule has 0 amide bonds. The predicted octanol–water partition coefficient (Wildman–Crippen LogP) is 3.66. The number of piperazine rings is 2. The van der Waals surface area contributed by atoms with Crippen LogP contribution in [0.3, 0.4) is 0 Å². The molecule has 236 valence electrons. The molecular formula is C30H32F6N5O3+. The molecule has 0 spiro atoms. The van der Waals surface area contributed by atoms with E-state index in [-0.39, 0.29) is 43.3 Å². The van der Waals surface area contributed by atoms with Crippen molar-refractivity contribution < 1.29 is 45.6 Å². The summed E-state index contributed by atoms with van der Waals surface area (Å²) >= 11 is 0. The van der Waals surface area contributed by atoms with E-state index < -0.39 is 40.4 Å². The lowest BCUT2D eigenvalue weighted by atomic mass is 9.78. The van der Waals surface area contributed by atoms with E-state index in [2.05, 4.69) is 15.3 Å². The molecule has 3 aromatic rings. The zero-order chi connectivity index (χ0) is 31.8. The van der Waals surface area contributed by atoms with Crippen molar-refractivity contribution in [3.8, 4) is 0 Å². The number of ketones is 1. The number of aromatic amines is 1. The number of hydrogen-bond acceptors (Lipinski definition) is 6. The minimum absolute atomic E-state index is 0.0140. The molecule has 44 heavy (non-hydrogen) atoms. The van der Waals surface area contributed by atoms with E-state index in [1.807, 2.05) is 0 Å². The van der Waals surface area contributed by atoms with Crippen LogP contribution in [-0.2, 0) is 23.6 Å². The molecule has 14 heteroatoms. The Labute approximate surface area is 249 Å². The van der Waals surface area contributed by atoms with Crippen LogP contribution in [0.25, 0.3) is 10.9 Å². The highest BCUT2D eigenvalue weighted by molar-refractivity contribution is 6.04. The van der Waals surface area contributed by atoms with Crippen LogP contribution < -0.4 is 5.32 Å². The number of aliphatic hydroxyl groups excluding tert-OH is 1. The Bertz CT molecular complexity index is 1530. The van der Waals surface area contributed by atoms with Gasteiger partial charge in [0.25, 0.3) is 0 Å². The van der Waals surface area contributed by atoms with E-state index in [1.165, 1.54) is 4.90 Å². The lowest BCUT2D eigenvalue weighted by Crippen LogP contribution is -2.78. The van der Waals surface area contributed by atoms with Gasteiger partial charge in [0.1, 0.15) is 25.6 Å². The van der Waals surface area contributed by atoms with Crippen molar-refractivity contribution in [1.82, 2.24) is 20.2 Å². The van der Waals surface area contributed by atoms with Gasteiger partial charge >= 0.3 is 12.4 Å². The Kier molecular flexibility index (Phi) is 8.67. The first kappa shape index (κ1) is 31.7. The number of nitrogens with one attached hydrogen (secondary N) is 2. The number of halogens is 6. The van der Waals surface area contributed by atoms with Gasteiger partial charge in [-0.15, -0.1) is 0 Å². The Balaban J connectivity index is 1.75. The number of carbonyl (C=O) groups is 1. The summed E-state index contributed by atoms with van der Waals surface area (Å²) in [5.41, 5.74) is -4.51. The zero-order valence-electron chi connectivity index (χ0n) is 23.6. The third-order valence-corrected chi connectivity index (χ3v) is 8.71. The summed E-state index contributed by atoms with van der Waals surface area (Å²) in [6.07, 6.45) is -7.81. The Morgan fingerprint density at radius 3 is 2.30 bits per heavy atom. The second-order valence-corrected chi connectivity index (χ2v) is 11.3. The van der Waals surface area contributed by atoms with Crippen molar-refractivity contribution >= 4 is 22.6 Å². The summed E-state index contributed by atoms with van der Waals surface area (Å²) in [7, 11) is 0. The Morgan fingerprint density at radius 1 is 1.02 bits per heavy atom. The molecule has 2 aliphatic heterocycles. The van der Waals surface area contributed by atoms with Crippen molar-refractivity contribution in [2.45, 2.75) is 24.3 Å². The number of para-hydroxylation sites is 1. The van der Waals surface area contributed by atoms with Gasteiger partial charge in [-0.2, -0.15) is 31.4 Å². The summed E-state index contributed by atoms with van der Waals surface area (Å²) in [4.78, 5) is 31.1. The highest BCUT2D eigenvalue weighted by Crippen LogP contribution is 2.40. The van der Waals surface area contributed by atoms with Gasteiger partial charge in [-0.1, -0.05) is 18.2 Å². The van der Waals surface area contributed by atoms with Crippen LogP contribution in [0, 0.1) is 0 Å². The fraction of sp³-hybridized carbons (Fsp3) is 0.433. The van der Waals surface area contributed by atoms with Crippen LogP contribution in [0.4, 0.5) is 26.3 Å². The maximum Gasteiger partial charge on any atom is 0.416 e. The number of aliphatic hydroxyl groups is 1. The number of benzene rings is 2. The SMILES string of the molecule is O=C=CN1CC[N+](CCO)(N2CCNCC2)CC1(Cc1c[nH]c2ccccc12)C(=O)c1cc(C(F)(F)F)cc(C(F)(F)F)c1. The number of carbonyl (C=O) groups excluding carboxylic acids is 2. The Morgan fingerprint density at radius 2 is 1.68 bits per heavy atom. The monoisotopic (exact) mass is 624 g/mol. The largest absolute Gasteiger partial charge is 0.416 e. The number of Topliss-reactive ketones (excluding diaryl/α,β-unsaturated/α-hetero) is 1. The number of hydrogen-bond donors (Lipinski definition) is 3. The van der Waals surface area contributed by atoms with Crippen molar-refractivity contribution in [2.24, 2.45) is 0 Å². The molecule has 3 heterocycles. The molecule has 2 unspecified atom stereocenters. The number of aromatic nitrogens is 1. The van der Waals surface area contributed by atoms with Gasteiger partial charge in [0.05, 0.1) is 43.6 Å². The molecule has 5 rings (SSSR count). The molecule has 2 fully saturated rings. The summed E-state index contributed by atoms with van der Waals surface area (Å²) in [5, 5.41) is 16.2. The predicted molar refractivity (Wildman–Crippen MR) is 149 cm³/mol. The number of fused-ring (bicyclic) bond motifs is 1. The average molecular weight is 625 g/mol. The summed E-state index contributed by atoms with van der Waals surface area (Å²) in [6.45, 7) is 2.40. The van der Waals surface area contributed by atoms with Crippen LogP contribution in [0.2, 0.25) is 0 Å². The molecule has 2 atom stereocenters. The number of alkyl halides is 6. The van der Waals surface area contributed by atoms with Gasteiger partial charge in [-0.3, -0.25) is 4.79 Å². The van der Waals surface area contributed by atoms with Gasteiger partial charge in [0, 0.05) is 42.2 Å². The fourth-order valence-electron chi connectivity index (χ4n) is 6.64. The third kappa shape index (κ3) is 6.00. The third-order valence-electron chi connectivity index (χ3n) is 8.71. The highest BCUT2D eigenvalue weighted by atomic mass is 19.4. The van der Waals surface area contributed by atoms with E-state index in [4.69, 9.17) is 0 Å². The standard InChI is InChI=1S/C30H32F6N5O3/c31-29(32,33)23-15-21(16-24(17-23)30(34,35)36)27(44)28(18-22-19-38-26-4-2-1-3-25(22)26)20-41(12-14-43,11-9-39(28)10-13-42)40-7-5-37-6-8-40/h1-4,10,15-17,19,37-38,43H,5-9,11-12,14,18,20H2/q+1. The van der Waals surface area contributed by atoms with Crippen LogP contribution in [0.15, 0.2) is 54.9 Å². The van der Waals surface area contributed by atoms with Gasteiger partial charge < -0.3 is 20.3 Å². The second-order valence-electron chi connectivity index (χ2n) is 11.3. The van der Waals surface area contributed by atoms with E-state index in [0.29, 0.717) is 55.8 Å². The lowest BCUT2D eigenvalue weighted by molar-refractivity contribution is -1.04. The number of quaternary nitrogens is 1. The number of nitrogens with zero attached hydrogens (tertiary/aromatic N) is 3. The maximum absolute atomic E-state index is 14.8. The van der Waals surface area contributed by atoms with Crippen molar-refractivity contribution in [3.63, 3.8) is 0 Å².